The zero-order valence-electron chi connectivity index (χ0n) is 18.6. The number of nitrogens with zero attached hydrogens (tertiary/aromatic N) is 1. The number of carbonyl (C=O) groups is 3. The maximum atomic E-state index is 13.2. The van der Waals surface area contributed by atoms with Crippen LogP contribution in [0.15, 0.2) is 66.7 Å². The van der Waals surface area contributed by atoms with Gasteiger partial charge in [-0.05, 0) is 54.1 Å². The van der Waals surface area contributed by atoms with E-state index >= 15 is 0 Å². The molecule has 0 saturated carbocycles. The van der Waals surface area contributed by atoms with Gasteiger partial charge in [-0.1, -0.05) is 18.2 Å². The Bertz CT molecular complexity index is 1290. The van der Waals surface area contributed by atoms with E-state index in [9.17, 15) is 18.8 Å². The molecule has 2 N–H and O–H groups in total. The molecule has 2 aliphatic heterocycles. The number of hydrogen-bond acceptors (Lipinski definition) is 5. The Hall–Kier alpha value is -4.40. The Labute approximate surface area is 200 Å². The van der Waals surface area contributed by atoms with Crippen LogP contribution in [0.3, 0.4) is 0 Å². The Morgan fingerprint density at radius 2 is 1.77 bits per heavy atom. The van der Waals surface area contributed by atoms with Crippen LogP contribution in [0.25, 0.3) is 0 Å². The number of ether oxygens (including phenoxy) is 2. The summed E-state index contributed by atoms with van der Waals surface area (Å²) < 4.78 is 23.9. The lowest BCUT2D eigenvalue weighted by atomic mass is 10.1. The molecule has 3 aromatic rings. The molecule has 35 heavy (non-hydrogen) atoms. The first-order valence-electron chi connectivity index (χ1n) is 11.1. The number of nitrogens with one attached hydrogen (secondary N) is 2. The molecule has 0 spiro atoms. The summed E-state index contributed by atoms with van der Waals surface area (Å²) in [5.41, 5.74) is 2.04. The molecule has 0 bridgehead atoms. The van der Waals surface area contributed by atoms with Crippen molar-refractivity contribution in [3.63, 3.8) is 0 Å². The van der Waals surface area contributed by atoms with E-state index in [2.05, 4.69) is 10.6 Å². The second-order valence-electron chi connectivity index (χ2n) is 8.29. The van der Waals surface area contributed by atoms with Crippen molar-refractivity contribution in [1.29, 1.82) is 0 Å². The van der Waals surface area contributed by atoms with Crippen molar-refractivity contribution in [2.45, 2.75) is 13.0 Å². The highest BCUT2D eigenvalue weighted by Gasteiger charge is 2.35. The molecule has 0 aromatic heterocycles. The standard InChI is InChI=1S/C26H22FN3O5/c27-18-6-8-19(9-7-18)30-14-17(12-24(30)31)25(32)29-21-4-2-1-3-20(21)26(33)28-13-16-5-10-22-23(11-16)35-15-34-22/h1-11,17H,12-15H2,(H,28,33)(H,29,32). The van der Waals surface area contributed by atoms with Crippen molar-refractivity contribution in [2.24, 2.45) is 5.92 Å². The second kappa shape index (κ2) is 9.46. The van der Waals surface area contributed by atoms with Gasteiger partial charge in [0.2, 0.25) is 18.6 Å². The minimum absolute atomic E-state index is 0.0295. The van der Waals surface area contributed by atoms with Crippen LogP contribution < -0.4 is 25.0 Å². The molecule has 1 saturated heterocycles. The molecule has 1 fully saturated rings. The lowest BCUT2D eigenvalue weighted by Gasteiger charge is -2.17. The summed E-state index contributed by atoms with van der Waals surface area (Å²) in [5, 5.41) is 5.64. The van der Waals surface area contributed by atoms with Gasteiger partial charge in [-0.25, -0.2) is 4.39 Å². The van der Waals surface area contributed by atoms with E-state index in [1.165, 1.54) is 29.2 Å². The van der Waals surface area contributed by atoms with E-state index in [-0.39, 0.29) is 44.0 Å². The molecule has 0 aliphatic carbocycles. The fraction of sp³-hybridized carbons (Fsp3) is 0.192. The maximum Gasteiger partial charge on any atom is 0.253 e. The van der Waals surface area contributed by atoms with E-state index in [4.69, 9.17) is 9.47 Å². The van der Waals surface area contributed by atoms with Gasteiger partial charge in [0.05, 0.1) is 17.2 Å². The minimum Gasteiger partial charge on any atom is -0.454 e. The van der Waals surface area contributed by atoms with Crippen molar-refractivity contribution >= 4 is 29.1 Å². The van der Waals surface area contributed by atoms with Gasteiger partial charge in [0.15, 0.2) is 11.5 Å². The van der Waals surface area contributed by atoms with Gasteiger partial charge in [-0.3, -0.25) is 14.4 Å². The molecular formula is C26H22FN3O5. The lowest BCUT2D eigenvalue weighted by molar-refractivity contribution is -0.122. The van der Waals surface area contributed by atoms with E-state index in [0.29, 0.717) is 28.4 Å². The SMILES string of the molecule is O=C(NCc1ccc2c(c1)OCO2)c1ccccc1NC(=O)C1CC(=O)N(c2ccc(F)cc2)C1. The highest BCUT2D eigenvalue weighted by molar-refractivity contribution is 6.07. The molecule has 0 radical (unpaired) electrons. The molecule has 1 atom stereocenters. The molecule has 2 aliphatic rings. The number of hydrogen-bond donors (Lipinski definition) is 2. The first-order chi connectivity index (χ1) is 17.0. The van der Waals surface area contributed by atoms with Crippen molar-refractivity contribution in [1.82, 2.24) is 5.32 Å². The number of fused-ring (bicyclic) bond motifs is 1. The van der Waals surface area contributed by atoms with Crippen molar-refractivity contribution in [3.05, 3.63) is 83.7 Å². The monoisotopic (exact) mass is 475 g/mol. The Morgan fingerprint density at radius 1 is 1.00 bits per heavy atom. The number of para-hydroxylation sites is 1. The van der Waals surface area contributed by atoms with Crippen molar-refractivity contribution in [3.8, 4) is 11.5 Å². The molecule has 1 unspecified atom stereocenters. The number of anilines is 2. The van der Waals surface area contributed by atoms with Crippen LogP contribution in [0.5, 0.6) is 11.5 Å². The molecule has 178 valence electrons. The number of carbonyl (C=O) groups excluding carboxylic acids is 3. The van der Waals surface area contributed by atoms with Crippen LogP contribution in [-0.4, -0.2) is 31.1 Å². The smallest absolute Gasteiger partial charge is 0.253 e. The summed E-state index contributed by atoms with van der Waals surface area (Å²) in [6, 6.07) is 17.7. The zero-order chi connectivity index (χ0) is 24.4. The summed E-state index contributed by atoms with van der Waals surface area (Å²) in [6.07, 6.45) is 0.0295. The summed E-state index contributed by atoms with van der Waals surface area (Å²) in [6.45, 7) is 0.614. The van der Waals surface area contributed by atoms with Crippen LogP contribution >= 0.6 is 0 Å². The topological polar surface area (TPSA) is 97.0 Å². The first-order valence-corrected chi connectivity index (χ1v) is 11.1. The maximum absolute atomic E-state index is 13.2. The third-order valence-corrected chi connectivity index (χ3v) is 5.95. The summed E-state index contributed by atoms with van der Waals surface area (Å²) in [4.78, 5) is 39.8. The number of benzene rings is 3. The Morgan fingerprint density at radius 3 is 2.60 bits per heavy atom. The van der Waals surface area contributed by atoms with Crippen LogP contribution in [0, 0.1) is 11.7 Å². The normalized spacial score (nSPS) is 16.3. The van der Waals surface area contributed by atoms with Crippen LogP contribution in [-0.2, 0) is 16.1 Å². The highest BCUT2D eigenvalue weighted by atomic mass is 19.1. The summed E-state index contributed by atoms with van der Waals surface area (Å²) >= 11 is 0. The molecule has 3 amide bonds. The Kier molecular flexibility index (Phi) is 6.05. The zero-order valence-corrected chi connectivity index (χ0v) is 18.6. The average Bonchev–Trinajstić information content (AvgIpc) is 3.49. The van der Waals surface area contributed by atoms with E-state index in [1.807, 2.05) is 6.07 Å². The van der Waals surface area contributed by atoms with Crippen molar-refractivity contribution < 1.29 is 28.2 Å². The highest BCUT2D eigenvalue weighted by Crippen LogP contribution is 2.32. The fourth-order valence-corrected chi connectivity index (χ4v) is 4.11. The summed E-state index contributed by atoms with van der Waals surface area (Å²) in [5.74, 6) is -0.637. The number of halogens is 1. The van der Waals surface area contributed by atoms with Crippen molar-refractivity contribution in [2.75, 3.05) is 23.6 Å². The molecule has 9 heteroatoms. The van der Waals surface area contributed by atoms with Gasteiger partial charge in [-0.2, -0.15) is 0 Å². The van der Waals surface area contributed by atoms with E-state index < -0.39 is 11.7 Å². The molecule has 5 rings (SSSR count). The molecule has 3 aromatic carbocycles. The van der Waals surface area contributed by atoms with Crippen LogP contribution in [0.1, 0.15) is 22.3 Å². The average molecular weight is 475 g/mol. The predicted octanol–water partition coefficient (Wildman–Crippen LogP) is 3.48. The molecular weight excluding hydrogens is 453 g/mol. The second-order valence-corrected chi connectivity index (χ2v) is 8.29. The van der Waals surface area contributed by atoms with Gasteiger partial charge in [-0.15, -0.1) is 0 Å². The van der Waals surface area contributed by atoms with E-state index in [1.54, 1.807) is 36.4 Å². The van der Waals surface area contributed by atoms with E-state index in [0.717, 1.165) is 5.56 Å². The largest absolute Gasteiger partial charge is 0.454 e. The van der Waals surface area contributed by atoms with Gasteiger partial charge in [0, 0.05) is 25.2 Å². The fourth-order valence-electron chi connectivity index (χ4n) is 4.11. The first kappa shape index (κ1) is 22.4. The Balaban J connectivity index is 1.23. The van der Waals surface area contributed by atoms with Gasteiger partial charge in [0.1, 0.15) is 5.82 Å². The quantitative estimate of drug-likeness (QED) is 0.569. The van der Waals surface area contributed by atoms with Crippen LogP contribution in [0.2, 0.25) is 0 Å². The number of amides is 3. The minimum atomic E-state index is -0.600. The van der Waals surface area contributed by atoms with Gasteiger partial charge < -0.3 is 25.0 Å². The lowest BCUT2D eigenvalue weighted by Crippen LogP contribution is -2.29. The van der Waals surface area contributed by atoms with Gasteiger partial charge >= 0.3 is 0 Å². The van der Waals surface area contributed by atoms with Crippen LogP contribution in [0.4, 0.5) is 15.8 Å². The molecule has 2 heterocycles. The number of rotatable bonds is 6. The third-order valence-electron chi connectivity index (χ3n) is 5.95. The summed E-state index contributed by atoms with van der Waals surface area (Å²) in [7, 11) is 0. The predicted molar refractivity (Wildman–Crippen MR) is 126 cm³/mol. The van der Waals surface area contributed by atoms with Gasteiger partial charge in [0.25, 0.3) is 5.91 Å². The molecule has 8 nitrogen and oxygen atoms in total. The third kappa shape index (κ3) is 4.79.